The van der Waals surface area contributed by atoms with Crippen molar-refractivity contribution in [2.45, 2.75) is 55.3 Å². The summed E-state index contributed by atoms with van der Waals surface area (Å²) in [5, 5.41) is 12.6. The number of carboxylic acids is 1. The van der Waals surface area contributed by atoms with Crippen LogP contribution in [0, 0.1) is 0 Å². The van der Waals surface area contributed by atoms with Gasteiger partial charge >= 0.3 is 41.5 Å². The van der Waals surface area contributed by atoms with E-state index in [4.69, 9.17) is 18.9 Å². The summed E-state index contributed by atoms with van der Waals surface area (Å²) in [4.78, 5) is 62.1. The van der Waals surface area contributed by atoms with Crippen LogP contribution in [0.1, 0.15) is 43.5 Å². The number of ether oxygens (including phenoxy) is 4. The molecule has 2 amide bonds. The van der Waals surface area contributed by atoms with Gasteiger partial charge in [0.2, 0.25) is 12.7 Å². The molecule has 1 aromatic rings. The molecule has 0 aromatic heterocycles. The Morgan fingerprint density at radius 2 is 1.70 bits per heavy atom. The van der Waals surface area contributed by atoms with Crippen molar-refractivity contribution in [3.63, 3.8) is 0 Å². The maximum absolute atomic E-state index is 13.0. The van der Waals surface area contributed by atoms with Gasteiger partial charge in [0.15, 0.2) is 0 Å². The second-order valence-electron chi connectivity index (χ2n) is 8.57. The standard InChI is InChI=1S/C23H28N2O10S.Na/c1-23(2)18(22(31)35-11-34-15(28)10-6-9-14(26)27)25-20(30)17(21(25)36-23)24-19(29)16-12(32-3)7-5-8-13(16)33-4;/h5,7-8,17-18,21H,6,9-11H2,1-4H3,(H,24,29)(H,26,27);/q;+1/p-1/t17?,18-,21+;/m0./s1. The van der Waals surface area contributed by atoms with Gasteiger partial charge < -0.3 is 39.1 Å². The Morgan fingerprint density at radius 1 is 1.08 bits per heavy atom. The molecule has 37 heavy (non-hydrogen) atoms. The van der Waals surface area contributed by atoms with Gasteiger partial charge in [0.05, 0.1) is 14.2 Å². The van der Waals surface area contributed by atoms with Crippen LogP contribution in [-0.4, -0.2) is 77.8 Å². The second kappa shape index (κ2) is 12.9. The fourth-order valence-corrected chi connectivity index (χ4v) is 5.72. The van der Waals surface area contributed by atoms with Crippen molar-refractivity contribution in [3.05, 3.63) is 23.8 Å². The number of amides is 2. The quantitative estimate of drug-likeness (QED) is 0.129. The molecule has 2 aliphatic heterocycles. The molecule has 0 radical (unpaired) electrons. The molecule has 2 fully saturated rings. The predicted octanol–water partition coefficient (Wildman–Crippen LogP) is -3.17. The Balaban J connectivity index is 0.00000481. The van der Waals surface area contributed by atoms with Gasteiger partial charge in [-0.05, 0) is 38.8 Å². The van der Waals surface area contributed by atoms with E-state index < -0.39 is 58.7 Å². The molecule has 1 N–H and O–H groups in total. The molecule has 12 nitrogen and oxygen atoms in total. The first-order valence-electron chi connectivity index (χ1n) is 11.1. The maximum atomic E-state index is 13.0. The minimum atomic E-state index is -1.28. The number of β-lactam (4-membered cyclic amide) rings is 1. The third-order valence-electron chi connectivity index (χ3n) is 5.79. The number of nitrogens with one attached hydrogen (secondary N) is 1. The number of carbonyl (C=O) groups excluding carboxylic acids is 5. The Hall–Kier alpha value is -2.48. The summed E-state index contributed by atoms with van der Waals surface area (Å²) in [5.74, 6) is -3.21. The van der Waals surface area contributed by atoms with E-state index in [1.165, 1.54) is 30.9 Å². The Kier molecular flexibility index (Phi) is 10.7. The number of hydrogen-bond donors (Lipinski definition) is 1. The van der Waals surface area contributed by atoms with Gasteiger partial charge in [0.1, 0.15) is 34.5 Å². The van der Waals surface area contributed by atoms with Gasteiger partial charge in [-0.15, -0.1) is 11.8 Å². The predicted molar refractivity (Wildman–Crippen MR) is 123 cm³/mol. The summed E-state index contributed by atoms with van der Waals surface area (Å²) in [6, 6.07) is 3.02. The number of benzene rings is 1. The fourth-order valence-electron chi connectivity index (χ4n) is 4.10. The molecule has 0 spiro atoms. The summed E-state index contributed by atoms with van der Waals surface area (Å²) >= 11 is 1.33. The van der Waals surface area contributed by atoms with E-state index in [1.807, 2.05) is 0 Å². The van der Waals surface area contributed by atoms with Crippen molar-refractivity contribution in [2.75, 3.05) is 21.0 Å². The first-order chi connectivity index (χ1) is 17.0. The van der Waals surface area contributed by atoms with Crippen molar-refractivity contribution in [3.8, 4) is 11.5 Å². The second-order valence-corrected chi connectivity index (χ2v) is 10.3. The minimum absolute atomic E-state index is 0. The molecule has 2 heterocycles. The molecule has 3 atom stereocenters. The molecule has 2 saturated heterocycles. The van der Waals surface area contributed by atoms with Crippen molar-refractivity contribution >= 4 is 41.5 Å². The molecule has 3 rings (SSSR count). The van der Waals surface area contributed by atoms with E-state index in [-0.39, 0.29) is 65.9 Å². The van der Waals surface area contributed by atoms with E-state index >= 15 is 0 Å². The SMILES string of the molecule is COc1cccc(OC)c1C(=O)NC1C(=O)N2[C@@H]1SC(C)(C)[C@@H]2C(=O)OCOC(=O)CCCC(=O)[O-].[Na+]. The van der Waals surface area contributed by atoms with Crippen molar-refractivity contribution in [2.24, 2.45) is 0 Å². The normalized spacial score (nSPS) is 21.0. The number of methoxy groups -OCH3 is 2. The molecule has 0 bridgehead atoms. The van der Waals surface area contributed by atoms with Gasteiger partial charge in [-0.1, -0.05) is 6.07 Å². The molecule has 2 aliphatic rings. The zero-order valence-electron chi connectivity index (χ0n) is 21.2. The van der Waals surface area contributed by atoms with Gasteiger partial charge in [-0.25, -0.2) is 4.79 Å². The van der Waals surface area contributed by atoms with Crippen LogP contribution >= 0.6 is 11.8 Å². The molecule has 0 aliphatic carbocycles. The number of esters is 2. The third kappa shape index (κ3) is 6.70. The minimum Gasteiger partial charge on any atom is -0.550 e. The molecular weight excluding hydrogens is 519 g/mol. The number of rotatable bonds is 11. The van der Waals surface area contributed by atoms with Crippen LogP contribution < -0.4 is 49.5 Å². The largest absolute Gasteiger partial charge is 1.00 e. The summed E-state index contributed by atoms with van der Waals surface area (Å²) in [7, 11) is 2.83. The molecule has 1 unspecified atom stereocenters. The zero-order valence-corrected chi connectivity index (χ0v) is 24.0. The van der Waals surface area contributed by atoms with E-state index in [0.717, 1.165) is 0 Å². The first kappa shape index (κ1) is 30.7. The topological polar surface area (TPSA) is 161 Å². The molecule has 14 heteroatoms. The van der Waals surface area contributed by atoms with Gasteiger partial charge in [-0.2, -0.15) is 0 Å². The van der Waals surface area contributed by atoms with Crippen LogP contribution in [0.2, 0.25) is 0 Å². The monoisotopic (exact) mass is 546 g/mol. The Labute approximate surface area is 240 Å². The van der Waals surface area contributed by atoms with E-state index in [1.54, 1.807) is 32.0 Å². The van der Waals surface area contributed by atoms with Crippen molar-refractivity contribution < 1.29 is 77.6 Å². The molecule has 0 saturated carbocycles. The van der Waals surface area contributed by atoms with Crippen LogP contribution in [0.5, 0.6) is 11.5 Å². The van der Waals surface area contributed by atoms with Crippen molar-refractivity contribution in [1.82, 2.24) is 10.2 Å². The number of hydrogen-bond acceptors (Lipinski definition) is 11. The third-order valence-corrected chi connectivity index (χ3v) is 7.36. The zero-order chi connectivity index (χ0) is 26.6. The van der Waals surface area contributed by atoms with Gasteiger partial charge in [0, 0.05) is 17.1 Å². The number of thioether (sulfide) groups is 1. The average molecular weight is 547 g/mol. The van der Waals surface area contributed by atoms with E-state index in [2.05, 4.69) is 5.32 Å². The van der Waals surface area contributed by atoms with Gasteiger partial charge in [0.25, 0.3) is 5.91 Å². The van der Waals surface area contributed by atoms with Crippen LogP contribution in [0.4, 0.5) is 0 Å². The first-order valence-corrected chi connectivity index (χ1v) is 11.9. The molecular formula is C23H27N2NaO10S. The summed E-state index contributed by atoms with van der Waals surface area (Å²) in [6.07, 6.45) is -0.414. The number of aliphatic carboxylic acids is 1. The van der Waals surface area contributed by atoms with Crippen LogP contribution in [0.25, 0.3) is 0 Å². The van der Waals surface area contributed by atoms with Crippen molar-refractivity contribution in [1.29, 1.82) is 0 Å². The average Bonchev–Trinajstić information content (AvgIpc) is 3.09. The number of fused-ring (bicyclic) bond motifs is 1. The number of nitrogens with zero attached hydrogens (tertiary/aromatic N) is 1. The Morgan fingerprint density at radius 3 is 2.27 bits per heavy atom. The summed E-state index contributed by atoms with van der Waals surface area (Å²) in [6.45, 7) is 2.87. The number of carboxylic acid groups (broad SMARTS) is 1. The molecule has 196 valence electrons. The van der Waals surface area contributed by atoms with Crippen LogP contribution in [-0.2, 0) is 28.7 Å². The number of carbonyl (C=O) groups is 5. The maximum Gasteiger partial charge on any atom is 1.00 e. The van der Waals surface area contributed by atoms with Crippen LogP contribution in [0.3, 0.4) is 0 Å². The molecule has 1 aromatic carbocycles. The summed E-state index contributed by atoms with van der Waals surface area (Å²) in [5.41, 5.74) is 0.147. The van der Waals surface area contributed by atoms with E-state index in [9.17, 15) is 29.1 Å². The fraction of sp³-hybridized carbons (Fsp3) is 0.522. The van der Waals surface area contributed by atoms with E-state index in [0.29, 0.717) is 0 Å². The van der Waals surface area contributed by atoms with Crippen LogP contribution in [0.15, 0.2) is 18.2 Å². The smallest absolute Gasteiger partial charge is 0.550 e. The van der Waals surface area contributed by atoms with Gasteiger partial charge in [-0.3, -0.25) is 14.4 Å². The summed E-state index contributed by atoms with van der Waals surface area (Å²) < 4.78 is 19.6. The Bertz CT molecular complexity index is 1040.